The molecule has 0 atom stereocenters. The van der Waals surface area contributed by atoms with Gasteiger partial charge in [-0.1, -0.05) is 36.4 Å². The third-order valence-electron chi connectivity index (χ3n) is 2.95. The molecular formula is C16H13N3. The fourth-order valence-electron chi connectivity index (χ4n) is 1.89. The number of aryl methyl sites for hydroxylation is 1. The van der Waals surface area contributed by atoms with Gasteiger partial charge in [0.05, 0.1) is 5.69 Å². The average molecular weight is 247 g/mol. The molecule has 0 fully saturated rings. The molecule has 92 valence electrons. The molecule has 0 bridgehead atoms. The Morgan fingerprint density at radius 3 is 1.95 bits per heavy atom. The summed E-state index contributed by atoms with van der Waals surface area (Å²) in [7, 11) is 0. The molecule has 19 heavy (non-hydrogen) atoms. The molecule has 0 spiro atoms. The van der Waals surface area contributed by atoms with Gasteiger partial charge in [-0.15, -0.1) is 0 Å². The Kier molecular flexibility index (Phi) is 3.02. The molecule has 0 unspecified atom stereocenters. The molecule has 0 aliphatic rings. The maximum absolute atomic E-state index is 4.47. The highest BCUT2D eigenvalue weighted by atomic mass is 14.9. The fraction of sp³-hybridized carbons (Fsp3) is 0.0625. The Balaban J connectivity index is 1.93. The number of rotatable bonds is 2. The maximum Gasteiger partial charge on any atom is 0.125 e. The van der Waals surface area contributed by atoms with Gasteiger partial charge in [-0.05, 0) is 18.6 Å². The zero-order valence-electron chi connectivity index (χ0n) is 10.6. The first kappa shape index (κ1) is 11.5. The highest BCUT2D eigenvalue weighted by Gasteiger charge is 2.02. The Hall–Kier alpha value is -2.55. The SMILES string of the molecule is Cc1ncc(-c2ccc(-c3ccccc3)cn2)cn1. The smallest absolute Gasteiger partial charge is 0.125 e. The minimum atomic E-state index is 0.768. The van der Waals surface area contributed by atoms with E-state index in [2.05, 4.69) is 33.2 Å². The Labute approximate surface area is 112 Å². The second-order valence-electron chi connectivity index (χ2n) is 4.32. The van der Waals surface area contributed by atoms with E-state index < -0.39 is 0 Å². The summed E-state index contributed by atoms with van der Waals surface area (Å²) in [6.45, 7) is 1.87. The number of benzene rings is 1. The quantitative estimate of drug-likeness (QED) is 0.695. The van der Waals surface area contributed by atoms with Crippen molar-refractivity contribution in [2.75, 3.05) is 0 Å². The summed E-state index contributed by atoms with van der Waals surface area (Å²) in [4.78, 5) is 12.8. The van der Waals surface area contributed by atoms with Gasteiger partial charge in [0.2, 0.25) is 0 Å². The van der Waals surface area contributed by atoms with Crippen molar-refractivity contribution in [2.24, 2.45) is 0 Å². The lowest BCUT2D eigenvalue weighted by atomic mass is 10.1. The molecule has 1 aromatic carbocycles. The predicted molar refractivity (Wildman–Crippen MR) is 75.4 cm³/mol. The molecule has 0 aliphatic heterocycles. The van der Waals surface area contributed by atoms with Crippen molar-refractivity contribution in [3.8, 4) is 22.4 Å². The van der Waals surface area contributed by atoms with Gasteiger partial charge in [0, 0.05) is 29.7 Å². The summed E-state index contributed by atoms with van der Waals surface area (Å²) < 4.78 is 0. The van der Waals surface area contributed by atoms with Crippen molar-refractivity contribution in [2.45, 2.75) is 6.92 Å². The minimum absolute atomic E-state index is 0.768. The summed E-state index contributed by atoms with van der Waals surface area (Å²) in [6.07, 6.45) is 5.48. The van der Waals surface area contributed by atoms with E-state index >= 15 is 0 Å². The van der Waals surface area contributed by atoms with E-state index in [0.29, 0.717) is 0 Å². The largest absolute Gasteiger partial charge is 0.255 e. The Morgan fingerprint density at radius 2 is 1.32 bits per heavy atom. The molecule has 3 nitrogen and oxygen atoms in total. The van der Waals surface area contributed by atoms with E-state index in [1.807, 2.05) is 37.4 Å². The molecule has 3 aromatic rings. The molecule has 0 radical (unpaired) electrons. The van der Waals surface area contributed by atoms with Crippen LogP contribution in [0.1, 0.15) is 5.82 Å². The standard InChI is InChI=1S/C16H13N3/c1-12-17-10-15(11-18-12)16-8-7-14(9-19-16)13-5-3-2-4-6-13/h2-11H,1H3. The lowest BCUT2D eigenvalue weighted by molar-refractivity contribution is 1.05. The highest BCUT2D eigenvalue weighted by molar-refractivity contribution is 5.65. The number of pyridine rings is 1. The Bertz CT molecular complexity index is 659. The molecule has 0 saturated carbocycles. The second kappa shape index (κ2) is 4.98. The van der Waals surface area contributed by atoms with E-state index in [1.165, 1.54) is 5.56 Å². The van der Waals surface area contributed by atoms with Crippen molar-refractivity contribution in [1.29, 1.82) is 0 Å². The van der Waals surface area contributed by atoms with Crippen molar-refractivity contribution in [3.63, 3.8) is 0 Å². The van der Waals surface area contributed by atoms with E-state index in [9.17, 15) is 0 Å². The molecule has 0 saturated heterocycles. The first-order valence-corrected chi connectivity index (χ1v) is 6.13. The first-order chi connectivity index (χ1) is 9.33. The zero-order chi connectivity index (χ0) is 13.1. The molecular weight excluding hydrogens is 234 g/mol. The van der Waals surface area contributed by atoms with E-state index in [0.717, 1.165) is 22.6 Å². The third kappa shape index (κ3) is 2.50. The Morgan fingerprint density at radius 1 is 0.632 bits per heavy atom. The molecule has 0 aliphatic carbocycles. The van der Waals surface area contributed by atoms with Crippen LogP contribution >= 0.6 is 0 Å². The fourth-order valence-corrected chi connectivity index (χ4v) is 1.89. The summed E-state index contributed by atoms with van der Waals surface area (Å²) in [6, 6.07) is 14.3. The summed E-state index contributed by atoms with van der Waals surface area (Å²) in [5, 5.41) is 0. The number of hydrogen-bond donors (Lipinski definition) is 0. The molecule has 2 aromatic heterocycles. The summed E-state index contributed by atoms with van der Waals surface area (Å²) >= 11 is 0. The summed E-state index contributed by atoms with van der Waals surface area (Å²) in [5.74, 6) is 0.768. The van der Waals surface area contributed by atoms with Crippen LogP contribution in [0.2, 0.25) is 0 Å². The molecule has 0 amide bonds. The molecule has 3 heteroatoms. The second-order valence-corrected chi connectivity index (χ2v) is 4.32. The van der Waals surface area contributed by atoms with Crippen LogP contribution in [0.15, 0.2) is 61.1 Å². The first-order valence-electron chi connectivity index (χ1n) is 6.13. The van der Waals surface area contributed by atoms with Crippen LogP contribution < -0.4 is 0 Å². The van der Waals surface area contributed by atoms with E-state index in [-0.39, 0.29) is 0 Å². The van der Waals surface area contributed by atoms with Crippen LogP contribution in [0.25, 0.3) is 22.4 Å². The van der Waals surface area contributed by atoms with Gasteiger partial charge in [-0.2, -0.15) is 0 Å². The van der Waals surface area contributed by atoms with Crippen LogP contribution in [-0.4, -0.2) is 15.0 Å². The van der Waals surface area contributed by atoms with Crippen molar-refractivity contribution >= 4 is 0 Å². The van der Waals surface area contributed by atoms with Crippen molar-refractivity contribution in [1.82, 2.24) is 15.0 Å². The molecule has 2 heterocycles. The van der Waals surface area contributed by atoms with Crippen LogP contribution in [0.4, 0.5) is 0 Å². The monoisotopic (exact) mass is 247 g/mol. The molecule has 0 N–H and O–H groups in total. The normalized spacial score (nSPS) is 10.4. The lowest BCUT2D eigenvalue weighted by Gasteiger charge is -2.03. The molecule has 3 rings (SSSR count). The van der Waals surface area contributed by atoms with Gasteiger partial charge in [-0.25, -0.2) is 9.97 Å². The van der Waals surface area contributed by atoms with Crippen LogP contribution in [-0.2, 0) is 0 Å². The van der Waals surface area contributed by atoms with Crippen LogP contribution in [0, 0.1) is 6.92 Å². The summed E-state index contributed by atoms with van der Waals surface area (Å²) in [5.41, 5.74) is 4.10. The van der Waals surface area contributed by atoms with Gasteiger partial charge in [0.1, 0.15) is 5.82 Å². The van der Waals surface area contributed by atoms with Gasteiger partial charge in [0.25, 0.3) is 0 Å². The van der Waals surface area contributed by atoms with E-state index in [1.54, 1.807) is 12.4 Å². The average Bonchev–Trinajstić information content (AvgIpc) is 2.49. The predicted octanol–water partition coefficient (Wildman–Crippen LogP) is 3.51. The maximum atomic E-state index is 4.47. The third-order valence-corrected chi connectivity index (χ3v) is 2.95. The van der Waals surface area contributed by atoms with Gasteiger partial charge in [-0.3, -0.25) is 4.98 Å². The van der Waals surface area contributed by atoms with Crippen molar-refractivity contribution in [3.05, 3.63) is 66.9 Å². The van der Waals surface area contributed by atoms with Crippen LogP contribution in [0.3, 0.4) is 0 Å². The number of hydrogen-bond acceptors (Lipinski definition) is 3. The zero-order valence-corrected chi connectivity index (χ0v) is 10.6. The number of nitrogens with zero attached hydrogens (tertiary/aromatic N) is 3. The van der Waals surface area contributed by atoms with Crippen LogP contribution in [0.5, 0.6) is 0 Å². The highest BCUT2D eigenvalue weighted by Crippen LogP contribution is 2.21. The topological polar surface area (TPSA) is 38.7 Å². The van der Waals surface area contributed by atoms with E-state index in [4.69, 9.17) is 0 Å². The lowest BCUT2D eigenvalue weighted by Crippen LogP contribution is -1.90. The number of aromatic nitrogens is 3. The van der Waals surface area contributed by atoms with Crippen molar-refractivity contribution < 1.29 is 0 Å². The minimum Gasteiger partial charge on any atom is -0.255 e. The van der Waals surface area contributed by atoms with Gasteiger partial charge < -0.3 is 0 Å². The van der Waals surface area contributed by atoms with Gasteiger partial charge >= 0.3 is 0 Å². The van der Waals surface area contributed by atoms with Gasteiger partial charge in [0.15, 0.2) is 0 Å².